The number of amides is 1. The minimum Gasteiger partial charge on any atom is -0.341 e. The smallest absolute Gasteiger partial charge is 0.242 e. The van der Waals surface area contributed by atoms with Crippen molar-refractivity contribution in [3.8, 4) is 6.07 Å². The zero-order chi connectivity index (χ0) is 10.8. The van der Waals surface area contributed by atoms with E-state index in [0.717, 1.165) is 19.5 Å². The van der Waals surface area contributed by atoms with Crippen molar-refractivity contribution in [2.24, 2.45) is 11.3 Å². The van der Waals surface area contributed by atoms with Crippen LogP contribution in [0.4, 0.5) is 0 Å². The van der Waals surface area contributed by atoms with Gasteiger partial charge in [0.25, 0.3) is 0 Å². The van der Waals surface area contributed by atoms with E-state index >= 15 is 0 Å². The third-order valence-electron chi connectivity index (χ3n) is 2.76. The Kier molecular flexibility index (Phi) is 3.15. The number of piperidine rings is 1. The summed E-state index contributed by atoms with van der Waals surface area (Å²) >= 11 is 0. The molecule has 78 valence electrons. The molecule has 0 radical (unpaired) electrons. The average Bonchev–Trinajstić information content (AvgIpc) is 2.16. The Morgan fingerprint density at radius 2 is 2.21 bits per heavy atom. The zero-order valence-corrected chi connectivity index (χ0v) is 9.21. The Hall–Kier alpha value is -1.04. The van der Waals surface area contributed by atoms with Gasteiger partial charge in [0.2, 0.25) is 5.91 Å². The van der Waals surface area contributed by atoms with E-state index in [4.69, 9.17) is 5.26 Å². The number of carbonyl (C=O) groups excluding carboxylic acids is 1. The van der Waals surface area contributed by atoms with Crippen molar-refractivity contribution in [2.45, 2.75) is 33.6 Å². The number of hydrogen-bond donors (Lipinski definition) is 0. The van der Waals surface area contributed by atoms with Gasteiger partial charge in [0.1, 0.15) is 5.41 Å². The summed E-state index contributed by atoms with van der Waals surface area (Å²) in [6.45, 7) is 7.15. The highest BCUT2D eigenvalue weighted by Crippen LogP contribution is 2.22. The van der Waals surface area contributed by atoms with Crippen molar-refractivity contribution < 1.29 is 4.79 Å². The predicted octanol–water partition coefficient (Wildman–Crippen LogP) is 1.79. The summed E-state index contributed by atoms with van der Waals surface area (Å²) in [5.74, 6) is 0.550. The fourth-order valence-corrected chi connectivity index (χ4v) is 1.82. The van der Waals surface area contributed by atoms with E-state index in [1.165, 1.54) is 6.42 Å². The fraction of sp³-hybridized carbons (Fsp3) is 0.818. The molecular weight excluding hydrogens is 176 g/mol. The van der Waals surface area contributed by atoms with Gasteiger partial charge in [-0.3, -0.25) is 4.79 Å². The highest BCUT2D eigenvalue weighted by Gasteiger charge is 2.33. The fourth-order valence-electron chi connectivity index (χ4n) is 1.82. The Bertz CT molecular complexity index is 265. The topological polar surface area (TPSA) is 44.1 Å². The lowest BCUT2D eigenvalue weighted by atomic mass is 9.91. The van der Waals surface area contributed by atoms with Gasteiger partial charge < -0.3 is 4.90 Å². The molecule has 0 spiro atoms. The summed E-state index contributed by atoms with van der Waals surface area (Å²) in [6, 6.07) is 2.06. The second kappa shape index (κ2) is 4.00. The summed E-state index contributed by atoms with van der Waals surface area (Å²) in [5, 5.41) is 8.86. The molecule has 0 N–H and O–H groups in total. The van der Waals surface area contributed by atoms with Crippen molar-refractivity contribution in [1.82, 2.24) is 4.90 Å². The van der Waals surface area contributed by atoms with Crippen LogP contribution in [0.2, 0.25) is 0 Å². The average molecular weight is 194 g/mol. The molecule has 1 rings (SSSR count). The SMILES string of the molecule is C[C@@H]1CCCN(C(=O)C(C)(C)C#N)C1. The largest absolute Gasteiger partial charge is 0.341 e. The molecule has 0 bridgehead atoms. The van der Waals surface area contributed by atoms with E-state index in [2.05, 4.69) is 13.0 Å². The Labute approximate surface area is 85.7 Å². The van der Waals surface area contributed by atoms with Crippen LogP contribution in [0.5, 0.6) is 0 Å². The number of carbonyl (C=O) groups is 1. The summed E-state index contributed by atoms with van der Waals surface area (Å²) in [7, 11) is 0. The van der Waals surface area contributed by atoms with Crippen LogP contribution in [0, 0.1) is 22.7 Å². The molecule has 1 atom stereocenters. The van der Waals surface area contributed by atoms with Gasteiger partial charge in [-0.1, -0.05) is 6.92 Å². The van der Waals surface area contributed by atoms with E-state index in [0.29, 0.717) is 5.92 Å². The molecule has 1 saturated heterocycles. The molecule has 0 unspecified atom stereocenters. The molecule has 1 aliphatic rings. The van der Waals surface area contributed by atoms with Crippen LogP contribution >= 0.6 is 0 Å². The summed E-state index contributed by atoms with van der Waals surface area (Å²) in [4.78, 5) is 13.7. The van der Waals surface area contributed by atoms with E-state index in [9.17, 15) is 4.79 Å². The molecule has 0 aliphatic carbocycles. The first-order chi connectivity index (χ1) is 6.47. The van der Waals surface area contributed by atoms with Crippen LogP contribution < -0.4 is 0 Å². The monoisotopic (exact) mass is 194 g/mol. The Morgan fingerprint density at radius 1 is 1.57 bits per heavy atom. The van der Waals surface area contributed by atoms with Gasteiger partial charge in [-0.2, -0.15) is 5.26 Å². The van der Waals surface area contributed by atoms with E-state index < -0.39 is 5.41 Å². The Balaban J connectivity index is 2.66. The van der Waals surface area contributed by atoms with Gasteiger partial charge in [-0.25, -0.2) is 0 Å². The second-order valence-corrected chi connectivity index (χ2v) is 4.74. The van der Waals surface area contributed by atoms with Gasteiger partial charge >= 0.3 is 0 Å². The minimum atomic E-state index is -0.864. The van der Waals surface area contributed by atoms with Gasteiger partial charge in [-0.15, -0.1) is 0 Å². The third-order valence-corrected chi connectivity index (χ3v) is 2.76. The number of likely N-dealkylation sites (tertiary alicyclic amines) is 1. The van der Waals surface area contributed by atoms with Gasteiger partial charge in [0, 0.05) is 13.1 Å². The van der Waals surface area contributed by atoms with Crippen LogP contribution in [-0.2, 0) is 4.79 Å². The van der Waals surface area contributed by atoms with Crippen molar-refractivity contribution in [3.05, 3.63) is 0 Å². The molecule has 3 heteroatoms. The molecule has 0 aromatic heterocycles. The normalized spacial score (nSPS) is 23.0. The van der Waals surface area contributed by atoms with Crippen molar-refractivity contribution in [3.63, 3.8) is 0 Å². The van der Waals surface area contributed by atoms with Crippen LogP contribution in [0.15, 0.2) is 0 Å². The lowest BCUT2D eigenvalue weighted by Gasteiger charge is -2.34. The van der Waals surface area contributed by atoms with Crippen LogP contribution in [0.25, 0.3) is 0 Å². The first-order valence-electron chi connectivity index (χ1n) is 5.18. The van der Waals surface area contributed by atoms with Crippen molar-refractivity contribution >= 4 is 5.91 Å². The van der Waals surface area contributed by atoms with Gasteiger partial charge in [-0.05, 0) is 32.6 Å². The highest BCUT2D eigenvalue weighted by molar-refractivity contribution is 5.84. The molecule has 1 heterocycles. The quantitative estimate of drug-likeness (QED) is 0.638. The van der Waals surface area contributed by atoms with Crippen molar-refractivity contribution in [2.75, 3.05) is 13.1 Å². The van der Waals surface area contributed by atoms with E-state index in [1.807, 2.05) is 4.90 Å². The maximum absolute atomic E-state index is 11.9. The number of hydrogen-bond acceptors (Lipinski definition) is 2. The predicted molar refractivity (Wildman–Crippen MR) is 54.4 cm³/mol. The Morgan fingerprint density at radius 3 is 2.71 bits per heavy atom. The molecule has 14 heavy (non-hydrogen) atoms. The molecule has 0 aromatic carbocycles. The second-order valence-electron chi connectivity index (χ2n) is 4.74. The first-order valence-corrected chi connectivity index (χ1v) is 5.18. The lowest BCUT2D eigenvalue weighted by molar-refractivity contribution is -0.139. The highest BCUT2D eigenvalue weighted by atomic mass is 16.2. The zero-order valence-electron chi connectivity index (χ0n) is 9.21. The van der Waals surface area contributed by atoms with Crippen LogP contribution in [-0.4, -0.2) is 23.9 Å². The lowest BCUT2D eigenvalue weighted by Crippen LogP contribution is -2.45. The molecule has 1 amide bonds. The summed E-state index contributed by atoms with van der Waals surface area (Å²) < 4.78 is 0. The maximum atomic E-state index is 11.9. The molecule has 1 fully saturated rings. The molecule has 0 aromatic rings. The third kappa shape index (κ3) is 2.25. The molecular formula is C11H18N2O. The summed E-state index contributed by atoms with van der Waals surface area (Å²) in [6.07, 6.45) is 2.26. The van der Waals surface area contributed by atoms with Crippen LogP contribution in [0.3, 0.4) is 0 Å². The maximum Gasteiger partial charge on any atom is 0.242 e. The minimum absolute atomic E-state index is 0.0217. The number of nitrogens with zero attached hydrogens (tertiary/aromatic N) is 2. The van der Waals surface area contributed by atoms with E-state index in [1.54, 1.807) is 13.8 Å². The first kappa shape index (κ1) is 11.0. The molecule has 1 aliphatic heterocycles. The summed E-state index contributed by atoms with van der Waals surface area (Å²) in [5.41, 5.74) is -0.864. The molecule has 3 nitrogen and oxygen atoms in total. The van der Waals surface area contributed by atoms with E-state index in [-0.39, 0.29) is 5.91 Å². The molecule has 0 saturated carbocycles. The standard InChI is InChI=1S/C11H18N2O/c1-9-5-4-6-13(7-9)10(14)11(2,3)8-12/h9H,4-7H2,1-3H3/t9-/m1/s1. The number of rotatable bonds is 1. The van der Waals surface area contributed by atoms with Gasteiger partial charge in [0.05, 0.1) is 6.07 Å². The number of nitriles is 1. The van der Waals surface area contributed by atoms with Crippen molar-refractivity contribution in [1.29, 1.82) is 5.26 Å². The van der Waals surface area contributed by atoms with Gasteiger partial charge in [0.15, 0.2) is 0 Å². The van der Waals surface area contributed by atoms with Crippen LogP contribution in [0.1, 0.15) is 33.6 Å².